The van der Waals surface area contributed by atoms with Gasteiger partial charge < -0.3 is 10.2 Å². The van der Waals surface area contributed by atoms with Gasteiger partial charge >= 0.3 is 0 Å². The minimum atomic E-state index is -0.727. The summed E-state index contributed by atoms with van der Waals surface area (Å²) in [5.41, 5.74) is 3.27. The monoisotopic (exact) mass is 460 g/mol. The Hall–Kier alpha value is -3.47. The van der Waals surface area contributed by atoms with Crippen molar-refractivity contribution < 1.29 is 14.0 Å². The molecule has 178 valence electrons. The average molecular weight is 461 g/mol. The maximum absolute atomic E-state index is 14.4. The molecule has 4 nitrogen and oxygen atoms in total. The first-order chi connectivity index (χ1) is 16.4. The molecule has 2 amide bonds. The van der Waals surface area contributed by atoms with Crippen molar-refractivity contribution in [3.05, 3.63) is 107 Å². The molecule has 3 aromatic carbocycles. The molecule has 5 heteroatoms. The number of rotatable bonds is 10. The van der Waals surface area contributed by atoms with Gasteiger partial charge in [-0.3, -0.25) is 9.59 Å². The first-order valence-electron chi connectivity index (χ1n) is 11.8. The smallest absolute Gasteiger partial charge is 0.243 e. The number of hydrogen-bond donors (Lipinski definition) is 1. The summed E-state index contributed by atoms with van der Waals surface area (Å²) >= 11 is 0. The van der Waals surface area contributed by atoms with Crippen LogP contribution >= 0.6 is 0 Å². The summed E-state index contributed by atoms with van der Waals surface area (Å²) in [6.45, 7) is 6.21. The summed E-state index contributed by atoms with van der Waals surface area (Å²) in [4.78, 5) is 28.7. The van der Waals surface area contributed by atoms with Gasteiger partial charge in [-0.25, -0.2) is 4.39 Å². The van der Waals surface area contributed by atoms with Crippen LogP contribution in [0.4, 0.5) is 4.39 Å². The van der Waals surface area contributed by atoms with E-state index in [0.29, 0.717) is 12.0 Å². The van der Waals surface area contributed by atoms with Gasteiger partial charge in [0, 0.05) is 19.0 Å². The highest BCUT2D eigenvalue weighted by Crippen LogP contribution is 2.19. The molecule has 3 rings (SSSR count). The predicted octanol–water partition coefficient (Wildman–Crippen LogP) is 5.23. The molecule has 3 aromatic rings. The van der Waals surface area contributed by atoms with Gasteiger partial charge in [0.05, 0.1) is 6.42 Å². The number of nitrogens with one attached hydrogen (secondary N) is 1. The Morgan fingerprint density at radius 3 is 2.18 bits per heavy atom. The molecule has 0 bridgehead atoms. The molecular formula is C29H33FN2O2. The molecule has 0 saturated carbocycles. The molecule has 0 saturated heterocycles. The highest BCUT2D eigenvalue weighted by Gasteiger charge is 2.31. The molecule has 0 fully saturated rings. The van der Waals surface area contributed by atoms with Crippen LogP contribution in [0, 0.1) is 12.7 Å². The topological polar surface area (TPSA) is 49.4 Å². The van der Waals surface area contributed by atoms with Crippen LogP contribution in [-0.4, -0.2) is 28.8 Å². The number of carbonyl (C=O) groups excluding carboxylic acids is 2. The van der Waals surface area contributed by atoms with Crippen molar-refractivity contribution in [1.29, 1.82) is 0 Å². The number of nitrogens with zero attached hydrogens (tertiary/aromatic N) is 1. The quantitative estimate of drug-likeness (QED) is 0.450. The second-order valence-corrected chi connectivity index (χ2v) is 8.74. The van der Waals surface area contributed by atoms with Crippen LogP contribution in [0.3, 0.4) is 0 Å². The number of amides is 2. The van der Waals surface area contributed by atoms with Crippen LogP contribution in [-0.2, 0) is 29.0 Å². The lowest BCUT2D eigenvalue weighted by atomic mass is 10.00. The van der Waals surface area contributed by atoms with E-state index in [2.05, 4.69) is 5.32 Å². The van der Waals surface area contributed by atoms with Crippen molar-refractivity contribution in [2.75, 3.05) is 0 Å². The Labute approximate surface area is 201 Å². The minimum absolute atomic E-state index is 0.0206. The molecule has 2 atom stereocenters. The lowest BCUT2D eigenvalue weighted by molar-refractivity contribution is -0.141. The Kier molecular flexibility index (Phi) is 8.97. The molecule has 0 heterocycles. The molecule has 0 aliphatic heterocycles. The van der Waals surface area contributed by atoms with Crippen molar-refractivity contribution in [3.63, 3.8) is 0 Å². The van der Waals surface area contributed by atoms with Crippen molar-refractivity contribution in [3.8, 4) is 0 Å². The Bertz CT molecular complexity index is 1100. The van der Waals surface area contributed by atoms with E-state index < -0.39 is 11.9 Å². The number of carbonyl (C=O) groups is 2. The Balaban J connectivity index is 2.00. The molecule has 0 aromatic heterocycles. The van der Waals surface area contributed by atoms with Gasteiger partial charge in [-0.05, 0) is 48.6 Å². The fraction of sp³-hybridized carbons (Fsp3) is 0.310. The maximum Gasteiger partial charge on any atom is 0.243 e. The van der Waals surface area contributed by atoms with Crippen LogP contribution in [0.2, 0.25) is 0 Å². The van der Waals surface area contributed by atoms with Crippen molar-refractivity contribution in [1.82, 2.24) is 10.2 Å². The van der Waals surface area contributed by atoms with E-state index in [1.165, 1.54) is 6.07 Å². The molecule has 0 aliphatic rings. The molecule has 0 spiro atoms. The molecule has 34 heavy (non-hydrogen) atoms. The van der Waals surface area contributed by atoms with E-state index in [4.69, 9.17) is 0 Å². The zero-order valence-corrected chi connectivity index (χ0v) is 20.1. The van der Waals surface area contributed by atoms with Gasteiger partial charge in [-0.1, -0.05) is 79.7 Å². The van der Waals surface area contributed by atoms with E-state index in [0.717, 1.165) is 23.1 Å². The lowest BCUT2D eigenvalue weighted by Gasteiger charge is -2.33. The van der Waals surface area contributed by atoms with E-state index >= 15 is 0 Å². The molecule has 0 unspecified atom stereocenters. The number of hydrogen-bond acceptors (Lipinski definition) is 2. The van der Waals surface area contributed by atoms with Gasteiger partial charge in [-0.2, -0.15) is 0 Å². The average Bonchev–Trinajstić information content (AvgIpc) is 2.84. The van der Waals surface area contributed by atoms with Crippen molar-refractivity contribution in [2.24, 2.45) is 0 Å². The number of benzene rings is 3. The van der Waals surface area contributed by atoms with E-state index in [1.54, 1.807) is 23.1 Å². The summed E-state index contributed by atoms with van der Waals surface area (Å²) in [6, 6.07) is 23.0. The second kappa shape index (κ2) is 12.1. The summed E-state index contributed by atoms with van der Waals surface area (Å²) in [7, 11) is 0. The fourth-order valence-corrected chi connectivity index (χ4v) is 3.87. The molecular weight excluding hydrogens is 427 g/mol. The van der Waals surface area contributed by atoms with Gasteiger partial charge in [0.25, 0.3) is 0 Å². The number of aryl methyl sites for hydroxylation is 1. The van der Waals surface area contributed by atoms with E-state index in [1.807, 2.05) is 75.4 Å². The zero-order valence-electron chi connectivity index (χ0n) is 20.1. The van der Waals surface area contributed by atoms with Crippen LogP contribution < -0.4 is 5.32 Å². The lowest BCUT2D eigenvalue weighted by Crippen LogP contribution is -2.52. The summed E-state index contributed by atoms with van der Waals surface area (Å²) in [6.07, 6.45) is 1.04. The van der Waals surface area contributed by atoms with Crippen LogP contribution in [0.5, 0.6) is 0 Å². The highest BCUT2D eigenvalue weighted by molar-refractivity contribution is 5.89. The SMILES string of the molecule is CC[C@@H](C)NC(=O)[C@@H](Cc1ccccc1)N(Cc1ccccc1C)C(=O)Cc1ccccc1F. The van der Waals surface area contributed by atoms with Gasteiger partial charge in [-0.15, -0.1) is 0 Å². The second-order valence-electron chi connectivity index (χ2n) is 8.74. The van der Waals surface area contributed by atoms with E-state index in [-0.39, 0.29) is 30.8 Å². The van der Waals surface area contributed by atoms with Gasteiger partial charge in [0.2, 0.25) is 11.8 Å². The third kappa shape index (κ3) is 6.77. The first kappa shape index (κ1) is 25.2. The van der Waals surface area contributed by atoms with Crippen molar-refractivity contribution in [2.45, 2.75) is 58.7 Å². The highest BCUT2D eigenvalue weighted by atomic mass is 19.1. The largest absolute Gasteiger partial charge is 0.352 e. The van der Waals surface area contributed by atoms with Crippen LogP contribution in [0.25, 0.3) is 0 Å². The summed E-state index contributed by atoms with van der Waals surface area (Å²) in [5.74, 6) is -0.905. The van der Waals surface area contributed by atoms with Crippen LogP contribution in [0.1, 0.15) is 42.5 Å². The third-order valence-corrected chi connectivity index (χ3v) is 6.17. The third-order valence-electron chi connectivity index (χ3n) is 6.17. The zero-order chi connectivity index (χ0) is 24.5. The first-order valence-corrected chi connectivity index (χ1v) is 11.8. The normalized spacial score (nSPS) is 12.6. The number of halogens is 1. The fourth-order valence-electron chi connectivity index (χ4n) is 3.87. The van der Waals surface area contributed by atoms with Crippen LogP contribution in [0.15, 0.2) is 78.9 Å². The molecule has 0 aliphatic carbocycles. The van der Waals surface area contributed by atoms with E-state index in [9.17, 15) is 14.0 Å². The maximum atomic E-state index is 14.4. The minimum Gasteiger partial charge on any atom is -0.352 e. The Morgan fingerprint density at radius 2 is 1.53 bits per heavy atom. The molecule has 1 N–H and O–H groups in total. The van der Waals surface area contributed by atoms with Gasteiger partial charge in [0.1, 0.15) is 11.9 Å². The summed E-state index contributed by atoms with van der Waals surface area (Å²) < 4.78 is 14.4. The Morgan fingerprint density at radius 1 is 0.912 bits per heavy atom. The van der Waals surface area contributed by atoms with Gasteiger partial charge in [0.15, 0.2) is 0 Å². The summed E-state index contributed by atoms with van der Waals surface area (Å²) in [5, 5.41) is 3.05. The standard InChI is InChI=1S/C29H33FN2O2/c1-4-22(3)31-29(34)27(18-23-13-6-5-7-14-23)32(20-25-16-9-8-12-21(25)2)28(33)19-24-15-10-11-17-26(24)30/h5-17,22,27H,4,18-20H2,1-3H3,(H,31,34)/t22-,27-/m1/s1. The van der Waals surface area contributed by atoms with Crippen molar-refractivity contribution >= 4 is 11.8 Å². The molecule has 0 radical (unpaired) electrons. The predicted molar refractivity (Wildman–Crippen MR) is 134 cm³/mol.